The summed E-state index contributed by atoms with van der Waals surface area (Å²) in [4.78, 5) is 0. The molecule has 1 aromatic carbocycles. The maximum absolute atomic E-state index is 10.7. The third-order valence-electron chi connectivity index (χ3n) is 1.04. The van der Waals surface area contributed by atoms with Crippen LogP contribution in [0.15, 0.2) is 28.7 Å². The van der Waals surface area contributed by atoms with E-state index in [1.54, 1.807) is 24.3 Å². The summed E-state index contributed by atoms with van der Waals surface area (Å²) < 4.78 is 26.8. The van der Waals surface area contributed by atoms with Crippen molar-refractivity contribution in [3.05, 3.63) is 28.7 Å². The van der Waals surface area contributed by atoms with E-state index in [9.17, 15) is 8.42 Å². The first-order valence-electron chi connectivity index (χ1n) is 3.12. The van der Waals surface area contributed by atoms with Gasteiger partial charge in [-0.2, -0.15) is 8.42 Å². The second kappa shape index (κ2) is 3.45. The number of halogens is 1. The van der Waals surface area contributed by atoms with Gasteiger partial charge >= 0.3 is 10.1 Å². The minimum atomic E-state index is -3.41. The molecular weight excluding hydrogens is 244 g/mol. The van der Waals surface area contributed by atoms with Crippen LogP contribution in [0, 0.1) is 0 Å². The summed E-state index contributed by atoms with van der Waals surface area (Å²) in [6.45, 7) is 0. The molecule has 0 atom stereocenters. The van der Waals surface area contributed by atoms with Gasteiger partial charge in [0, 0.05) is 4.47 Å². The van der Waals surface area contributed by atoms with Crippen molar-refractivity contribution >= 4 is 26.0 Å². The van der Waals surface area contributed by atoms with Crippen LogP contribution >= 0.6 is 15.9 Å². The fourth-order valence-corrected chi connectivity index (χ4v) is 1.53. The van der Waals surface area contributed by atoms with Crippen LogP contribution in [0.1, 0.15) is 0 Å². The van der Waals surface area contributed by atoms with Crippen LogP contribution in [0.3, 0.4) is 0 Å². The molecule has 0 bridgehead atoms. The lowest BCUT2D eigenvalue weighted by atomic mass is 10.3. The Morgan fingerprint density at radius 3 is 2.58 bits per heavy atom. The highest BCUT2D eigenvalue weighted by Gasteiger charge is 2.03. The number of hydrogen-bond acceptors (Lipinski definition) is 3. The molecule has 0 heterocycles. The first-order valence-corrected chi connectivity index (χ1v) is 5.73. The average Bonchev–Trinajstić information content (AvgIpc) is 1.82. The molecule has 0 amide bonds. The van der Waals surface area contributed by atoms with Gasteiger partial charge in [-0.05, 0) is 18.2 Å². The summed E-state index contributed by atoms with van der Waals surface area (Å²) in [6.07, 6.45) is 1.01. The minimum Gasteiger partial charge on any atom is -0.383 e. The summed E-state index contributed by atoms with van der Waals surface area (Å²) in [5.74, 6) is 0.312. The van der Waals surface area contributed by atoms with Crippen molar-refractivity contribution in [2.24, 2.45) is 0 Å². The predicted octanol–water partition coefficient (Wildman–Crippen LogP) is 1.79. The lowest BCUT2D eigenvalue weighted by Crippen LogP contribution is -2.05. The maximum atomic E-state index is 10.7. The molecule has 12 heavy (non-hydrogen) atoms. The molecular formula is C7H7BrO3S. The van der Waals surface area contributed by atoms with E-state index >= 15 is 0 Å². The van der Waals surface area contributed by atoms with Crippen LogP contribution in [0.5, 0.6) is 5.75 Å². The molecule has 0 N–H and O–H groups in total. The van der Waals surface area contributed by atoms with E-state index in [1.807, 2.05) is 0 Å². The van der Waals surface area contributed by atoms with Crippen LogP contribution in [-0.2, 0) is 10.1 Å². The van der Waals surface area contributed by atoms with Crippen molar-refractivity contribution in [1.82, 2.24) is 0 Å². The Balaban J connectivity index is 2.91. The Hall–Kier alpha value is -0.550. The van der Waals surface area contributed by atoms with E-state index in [-0.39, 0.29) is 0 Å². The van der Waals surface area contributed by atoms with E-state index < -0.39 is 10.1 Å². The van der Waals surface area contributed by atoms with E-state index in [0.29, 0.717) is 5.75 Å². The van der Waals surface area contributed by atoms with Crippen molar-refractivity contribution < 1.29 is 12.6 Å². The van der Waals surface area contributed by atoms with Crippen molar-refractivity contribution in [3.8, 4) is 5.75 Å². The summed E-state index contributed by atoms with van der Waals surface area (Å²) in [6, 6.07) is 6.65. The van der Waals surface area contributed by atoms with Crippen molar-refractivity contribution in [2.45, 2.75) is 0 Å². The molecule has 0 aliphatic heterocycles. The Labute approximate surface area is 79.6 Å². The van der Waals surface area contributed by atoms with Gasteiger partial charge in [0.2, 0.25) is 0 Å². The molecule has 1 aromatic rings. The van der Waals surface area contributed by atoms with Crippen molar-refractivity contribution in [3.63, 3.8) is 0 Å². The molecule has 66 valence electrons. The number of benzene rings is 1. The lowest BCUT2D eigenvalue weighted by molar-refractivity contribution is 0.493. The molecule has 0 aliphatic rings. The zero-order valence-corrected chi connectivity index (χ0v) is 8.72. The molecule has 5 heteroatoms. The molecule has 1 rings (SSSR count). The topological polar surface area (TPSA) is 43.4 Å². The number of hydrogen-bond donors (Lipinski definition) is 0. The molecule has 0 aromatic heterocycles. The quantitative estimate of drug-likeness (QED) is 0.752. The Kier molecular flexibility index (Phi) is 2.74. The third kappa shape index (κ3) is 3.23. The van der Waals surface area contributed by atoms with Gasteiger partial charge in [0.1, 0.15) is 5.75 Å². The lowest BCUT2D eigenvalue weighted by Gasteiger charge is -2.01. The highest BCUT2D eigenvalue weighted by molar-refractivity contribution is 9.10. The maximum Gasteiger partial charge on any atom is 0.306 e. The van der Waals surface area contributed by atoms with Crippen molar-refractivity contribution in [1.29, 1.82) is 0 Å². The highest BCUT2D eigenvalue weighted by Crippen LogP contribution is 2.18. The molecule has 0 radical (unpaired) electrons. The van der Waals surface area contributed by atoms with Gasteiger partial charge in [0.05, 0.1) is 6.26 Å². The molecule has 0 aliphatic carbocycles. The fraction of sp³-hybridized carbons (Fsp3) is 0.143. The Bertz CT molecular complexity index is 372. The first-order chi connectivity index (χ1) is 5.47. The van der Waals surface area contributed by atoms with Gasteiger partial charge in [-0.1, -0.05) is 22.0 Å². The summed E-state index contributed by atoms with van der Waals surface area (Å²) >= 11 is 3.19. The summed E-state index contributed by atoms with van der Waals surface area (Å²) in [5.41, 5.74) is 0. The molecule has 0 unspecified atom stereocenters. The van der Waals surface area contributed by atoms with Gasteiger partial charge in [-0.25, -0.2) is 0 Å². The Morgan fingerprint density at radius 2 is 2.08 bits per heavy atom. The second-order valence-electron chi connectivity index (χ2n) is 2.24. The first kappa shape index (κ1) is 9.54. The van der Waals surface area contributed by atoms with Gasteiger partial charge in [-0.15, -0.1) is 0 Å². The monoisotopic (exact) mass is 250 g/mol. The predicted molar refractivity (Wildman–Crippen MR) is 49.6 cm³/mol. The average molecular weight is 251 g/mol. The second-order valence-corrected chi connectivity index (χ2v) is 4.74. The van der Waals surface area contributed by atoms with Gasteiger partial charge in [-0.3, -0.25) is 0 Å². The van der Waals surface area contributed by atoms with E-state index in [1.165, 1.54) is 0 Å². The van der Waals surface area contributed by atoms with Crippen molar-refractivity contribution in [2.75, 3.05) is 6.26 Å². The van der Waals surface area contributed by atoms with Crippen LogP contribution in [0.4, 0.5) is 0 Å². The SMILES string of the molecule is CS(=O)(=O)Oc1cccc(Br)c1. The summed E-state index contributed by atoms with van der Waals surface area (Å²) in [5, 5.41) is 0. The molecule has 0 fully saturated rings. The van der Waals surface area contributed by atoms with Gasteiger partial charge in [0.25, 0.3) is 0 Å². The van der Waals surface area contributed by atoms with E-state index in [0.717, 1.165) is 10.7 Å². The standard InChI is InChI=1S/C7H7BrO3S/c1-12(9,10)11-7-4-2-3-6(8)5-7/h2-5H,1H3. The molecule has 0 saturated heterocycles. The van der Waals surface area contributed by atoms with E-state index in [2.05, 4.69) is 20.1 Å². The van der Waals surface area contributed by atoms with Crippen LogP contribution in [-0.4, -0.2) is 14.7 Å². The zero-order chi connectivity index (χ0) is 9.19. The normalized spacial score (nSPS) is 11.2. The Morgan fingerprint density at radius 1 is 1.42 bits per heavy atom. The van der Waals surface area contributed by atoms with Gasteiger partial charge < -0.3 is 4.18 Å². The van der Waals surface area contributed by atoms with E-state index in [4.69, 9.17) is 0 Å². The fourth-order valence-electron chi connectivity index (χ4n) is 0.694. The molecule has 0 saturated carbocycles. The highest BCUT2D eigenvalue weighted by atomic mass is 79.9. The number of rotatable bonds is 2. The molecule has 3 nitrogen and oxygen atoms in total. The van der Waals surface area contributed by atoms with Crippen LogP contribution in [0.25, 0.3) is 0 Å². The van der Waals surface area contributed by atoms with Gasteiger partial charge in [0.15, 0.2) is 0 Å². The third-order valence-corrected chi connectivity index (χ3v) is 2.03. The van der Waals surface area contributed by atoms with Crippen LogP contribution in [0.2, 0.25) is 0 Å². The minimum absolute atomic E-state index is 0.312. The molecule has 0 spiro atoms. The largest absolute Gasteiger partial charge is 0.383 e. The summed E-state index contributed by atoms with van der Waals surface area (Å²) in [7, 11) is -3.41. The van der Waals surface area contributed by atoms with Crippen LogP contribution < -0.4 is 4.18 Å². The smallest absolute Gasteiger partial charge is 0.306 e. The zero-order valence-electron chi connectivity index (χ0n) is 6.32.